The number of carbonyl (C=O) groups excluding carboxylic acids is 1. The minimum absolute atomic E-state index is 0.0924. The van der Waals surface area contributed by atoms with Gasteiger partial charge in [-0.2, -0.15) is 0 Å². The maximum atomic E-state index is 11.9. The molecule has 0 heterocycles. The lowest BCUT2D eigenvalue weighted by Gasteiger charge is -2.26. The van der Waals surface area contributed by atoms with E-state index in [1.807, 2.05) is 0 Å². The third-order valence-electron chi connectivity index (χ3n) is 3.57. The minimum atomic E-state index is -3.13. The highest BCUT2D eigenvalue weighted by molar-refractivity contribution is 7.88. The van der Waals surface area contributed by atoms with Crippen LogP contribution in [0.5, 0.6) is 0 Å². The van der Waals surface area contributed by atoms with Crippen LogP contribution in [0.15, 0.2) is 0 Å². The summed E-state index contributed by atoms with van der Waals surface area (Å²) in [6.07, 6.45) is 5.62. The Labute approximate surface area is 115 Å². The first kappa shape index (κ1) is 16.4. The monoisotopic (exact) mass is 291 g/mol. The molecule has 1 fully saturated rings. The fourth-order valence-electron chi connectivity index (χ4n) is 2.36. The Morgan fingerprint density at radius 3 is 2.37 bits per heavy atom. The molecule has 19 heavy (non-hydrogen) atoms. The molecule has 0 aromatic rings. The van der Waals surface area contributed by atoms with Gasteiger partial charge in [-0.1, -0.05) is 0 Å². The van der Waals surface area contributed by atoms with E-state index in [0.717, 1.165) is 31.9 Å². The average Bonchev–Trinajstić information content (AvgIpc) is 2.37. The topological polar surface area (TPSA) is 101 Å². The van der Waals surface area contributed by atoms with Gasteiger partial charge in [0.2, 0.25) is 15.9 Å². The minimum Gasteiger partial charge on any atom is -0.356 e. The second-order valence-electron chi connectivity index (χ2n) is 5.26. The predicted molar refractivity (Wildman–Crippen MR) is 75.0 cm³/mol. The molecular weight excluding hydrogens is 266 g/mol. The molecule has 4 N–H and O–H groups in total. The number of hydrogen-bond donors (Lipinski definition) is 3. The molecule has 1 saturated carbocycles. The van der Waals surface area contributed by atoms with Crippen LogP contribution in [0.3, 0.4) is 0 Å². The molecule has 7 heteroatoms. The lowest BCUT2D eigenvalue weighted by Crippen LogP contribution is -2.35. The summed E-state index contributed by atoms with van der Waals surface area (Å²) < 4.78 is 24.0. The molecule has 0 bridgehead atoms. The largest absolute Gasteiger partial charge is 0.356 e. The van der Waals surface area contributed by atoms with Gasteiger partial charge in [-0.15, -0.1) is 0 Å². The number of rotatable bonds is 7. The van der Waals surface area contributed by atoms with E-state index in [9.17, 15) is 13.2 Å². The smallest absolute Gasteiger partial charge is 0.223 e. The fraction of sp³-hybridized carbons (Fsp3) is 0.917. The van der Waals surface area contributed by atoms with Crippen LogP contribution in [0.1, 0.15) is 32.1 Å². The van der Waals surface area contributed by atoms with Crippen LogP contribution in [0.4, 0.5) is 0 Å². The summed E-state index contributed by atoms with van der Waals surface area (Å²) in [5.74, 6) is 0.767. The summed E-state index contributed by atoms with van der Waals surface area (Å²) in [5, 5.41) is 2.87. The number of nitrogens with two attached hydrogens (primary N) is 1. The van der Waals surface area contributed by atoms with Gasteiger partial charge in [-0.25, -0.2) is 13.1 Å². The molecule has 0 unspecified atom stereocenters. The van der Waals surface area contributed by atoms with Crippen LogP contribution < -0.4 is 15.8 Å². The summed E-state index contributed by atoms with van der Waals surface area (Å²) in [6, 6.07) is 0. The van der Waals surface area contributed by atoms with Gasteiger partial charge in [0, 0.05) is 19.0 Å². The highest BCUT2D eigenvalue weighted by Gasteiger charge is 2.25. The molecule has 0 atom stereocenters. The standard InChI is InChI=1S/C12H25N3O3S/c1-19(17,18)15-8-2-7-14-12(16)11-5-3-10(9-13)4-6-11/h10-11,15H,2-9,13H2,1H3,(H,14,16). The normalized spacial score (nSPS) is 24.1. The van der Waals surface area contributed by atoms with Gasteiger partial charge in [0.25, 0.3) is 0 Å². The van der Waals surface area contributed by atoms with Gasteiger partial charge in [-0.05, 0) is 44.6 Å². The van der Waals surface area contributed by atoms with Gasteiger partial charge in [0.15, 0.2) is 0 Å². The molecule has 0 aromatic carbocycles. The quantitative estimate of drug-likeness (QED) is 0.566. The summed E-state index contributed by atoms with van der Waals surface area (Å²) in [5.41, 5.74) is 5.62. The molecule has 0 saturated heterocycles. The number of hydrogen-bond acceptors (Lipinski definition) is 4. The van der Waals surface area contributed by atoms with Gasteiger partial charge < -0.3 is 11.1 Å². The Morgan fingerprint density at radius 2 is 1.84 bits per heavy atom. The van der Waals surface area contributed by atoms with Gasteiger partial charge in [0.1, 0.15) is 0 Å². The first-order valence-electron chi connectivity index (χ1n) is 6.85. The average molecular weight is 291 g/mol. The third-order valence-corrected chi connectivity index (χ3v) is 4.30. The van der Waals surface area contributed by atoms with Crippen molar-refractivity contribution in [3.8, 4) is 0 Å². The van der Waals surface area contributed by atoms with Gasteiger partial charge in [0.05, 0.1) is 6.26 Å². The van der Waals surface area contributed by atoms with Crippen LogP contribution in [0.25, 0.3) is 0 Å². The zero-order chi connectivity index (χ0) is 14.3. The highest BCUT2D eigenvalue weighted by atomic mass is 32.2. The molecule has 0 spiro atoms. The molecule has 1 aliphatic carbocycles. The van der Waals surface area contributed by atoms with Gasteiger partial charge >= 0.3 is 0 Å². The van der Waals surface area contributed by atoms with Crippen LogP contribution in [0, 0.1) is 11.8 Å². The summed E-state index contributed by atoms with van der Waals surface area (Å²) in [6.45, 7) is 1.59. The van der Waals surface area contributed by atoms with Crippen LogP contribution in [-0.4, -0.2) is 40.2 Å². The molecule has 112 valence electrons. The molecule has 6 nitrogen and oxygen atoms in total. The van der Waals surface area contributed by atoms with E-state index in [-0.39, 0.29) is 11.8 Å². The molecule has 1 amide bonds. The summed E-state index contributed by atoms with van der Waals surface area (Å²) >= 11 is 0. The molecule has 1 aliphatic rings. The van der Waals surface area contributed by atoms with Gasteiger partial charge in [-0.3, -0.25) is 4.79 Å². The first-order chi connectivity index (χ1) is 8.92. The van der Waals surface area contributed by atoms with Crippen molar-refractivity contribution in [2.45, 2.75) is 32.1 Å². The second-order valence-corrected chi connectivity index (χ2v) is 7.10. The number of carbonyl (C=O) groups is 1. The number of sulfonamides is 1. The van der Waals surface area contributed by atoms with Crippen molar-refractivity contribution in [1.82, 2.24) is 10.0 Å². The first-order valence-corrected chi connectivity index (χ1v) is 8.74. The zero-order valence-electron chi connectivity index (χ0n) is 11.5. The van der Waals surface area contributed by atoms with Crippen molar-refractivity contribution in [2.75, 3.05) is 25.9 Å². The van der Waals surface area contributed by atoms with Crippen LogP contribution in [-0.2, 0) is 14.8 Å². The van der Waals surface area contributed by atoms with E-state index in [1.54, 1.807) is 0 Å². The van der Waals surface area contributed by atoms with E-state index in [0.29, 0.717) is 32.0 Å². The van der Waals surface area contributed by atoms with Crippen molar-refractivity contribution < 1.29 is 13.2 Å². The van der Waals surface area contributed by atoms with E-state index in [2.05, 4.69) is 10.0 Å². The maximum Gasteiger partial charge on any atom is 0.223 e. The molecule has 0 radical (unpaired) electrons. The summed E-state index contributed by atoms with van der Waals surface area (Å²) in [4.78, 5) is 11.9. The SMILES string of the molecule is CS(=O)(=O)NCCCNC(=O)C1CCC(CN)CC1. The Balaban J connectivity index is 2.11. The van der Waals surface area contributed by atoms with Crippen molar-refractivity contribution in [2.24, 2.45) is 17.6 Å². The Hall–Kier alpha value is -0.660. The van der Waals surface area contributed by atoms with Crippen LogP contribution >= 0.6 is 0 Å². The lowest BCUT2D eigenvalue weighted by atomic mass is 9.81. The van der Waals surface area contributed by atoms with Crippen molar-refractivity contribution in [3.05, 3.63) is 0 Å². The Kier molecular flexibility index (Phi) is 6.74. The number of amides is 1. The zero-order valence-corrected chi connectivity index (χ0v) is 12.3. The Bertz CT molecular complexity index is 376. The van der Waals surface area contributed by atoms with E-state index >= 15 is 0 Å². The molecule has 0 aliphatic heterocycles. The second kappa shape index (κ2) is 7.81. The summed E-state index contributed by atoms with van der Waals surface area (Å²) in [7, 11) is -3.13. The van der Waals surface area contributed by atoms with Crippen molar-refractivity contribution in [3.63, 3.8) is 0 Å². The van der Waals surface area contributed by atoms with E-state index in [4.69, 9.17) is 5.73 Å². The molecular formula is C12H25N3O3S. The highest BCUT2D eigenvalue weighted by Crippen LogP contribution is 2.27. The molecule has 0 aromatic heterocycles. The number of nitrogens with one attached hydrogen (secondary N) is 2. The van der Waals surface area contributed by atoms with Crippen molar-refractivity contribution in [1.29, 1.82) is 0 Å². The third kappa shape index (κ3) is 6.89. The van der Waals surface area contributed by atoms with Crippen LogP contribution in [0.2, 0.25) is 0 Å². The van der Waals surface area contributed by atoms with Crippen molar-refractivity contribution >= 4 is 15.9 Å². The predicted octanol–water partition coefficient (Wildman–Crippen LogP) is -0.193. The molecule has 1 rings (SSSR count). The fourth-order valence-corrected chi connectivity index (χ4v) is 2.88. The van der Waals surface area contributed by atoms with E-state index < -0.39 is 10.0 Å². The Morgan fingerprint density at radius 1 is 1.21 bits per heavy atom. The maximum absolute atomic E-state index is 11.9. The lowest BCUT2D eigenvalue weighted by molar-refractivity contribution is -0.126. The van der Waals surface area contributed by atoms with E-state index in [1.165, 1.54) is 0 Å².